The molecule has 0 saturated heterocycles. The number of imidazole rings is 1. The number of nitrogens with zero attached hydrogens (tertiary/aromatic N) is 4. The first-order valence-electron chi connectivity index (χ1n) is 16.3. The predicted molar refractivity (Wildman–Crippen MR) is 173 cm³/mol. The molecule has 1 atom stereocenters. The zero-order valence-electron chi connectivity index (χ0n) is 27.5. The molecular formula is C34H49N4O6P+2. The number of fused-ring (bicyclic) bond motifs is 2. The fraction of sp³-hybridized carbons (Fsp3) is 0.559. The van der Waals surface area contributed by atoms with Crippen molar-refractivity contribution in [1.82, 2.24) is 9.47 Å². The lowest BCUT2D eigenvalue weighted by Crippen LogP contribution is -2.42. The first kappa shape index (κ1) is 33.3. The molecule has 10 nitrogen and oxygen atoms in total. The Bertz CT molecular complexity index is 1540. The van der Waals surface area contributed by atoms with Gasteiger partial charge in [0.2, 0.25) is 0 Å². The summed E-state index contributed by atoms with van der Waals surface area (Å²) >= 11 is 0. The van der Waals surface area contributed by atoms with Gasteiger partial charge in [-0.1, -0.05) is 31.4 Å². The maximum absolute atomic E-state index is 13.3. The highest BCUT2D eigenvalue weighted by molar-refractivity contribution is 7.53. The van der Waals surface area contributed by atoms with E-state index in [1.165, 1.54) is 44.1 Å². The molecule has 3 aromatic rings. The van der Waals surface area contributed by atoms with Crippen molar-refractivity contribution in [2.75, 3.05) is 54.2 Å². The monoisotopic (exact) mass is 640 g/mol. The van der Waals surface area contributed by atoms with E-state index in [1.807, 2.05) is 18.2 Å². The lowest BCUT2D eigenvalue weighted by Gasteiger charge is -2.24. The summed E-state index contributed by atoms with van der Waals surface area (Å²) in [6.07, 6.45) is 7.16. The molecule has 45 heavy (non-hydrogen) atoms. The van der Waals surface area contributed by atoms with Gasteiger partial charge in [-0.2, -0.15) is 0 Å². The van der Waals surface area contributed by atoms with E-state index < -0.39 is 7.60 Å². The van der Waals surface area contributed by atoms with Crippen molar-refractivity contribution in [3.05, 3.63) is 59.4 Å². The van der Waals surface area contributed by atoms with Gasteiger partial charge in [0, 0.05) is 19.6 Å². The first-order valence-corrected chi connectivity index (χ1v) is 18.0. The molecule has 11 heteroatoms. The van der Waals surface area contributed by atoms with Gasteiger partial charge in [-0.15, -0.1) is 0 Å². The van der Waals surface area contributed by atoms with Crippen LogP contribution in [0.1, 0.15) is 72.0 Å². The van der Waals surface area contributed by atoms with Crippen LogP contribution in [0.3, 0.4) is 0 Å². The van der Waals surface area contributed by atoms with Crippen LogP contribution in [0.5, 0.6) is 5.75 Å². The summed E-state index contributed by atoms with van der Waals surface area (Å²) < 4.78 is 35.4. The Balaban J connectivity index is 1.36. The van der Waals surface area contributed by atoms with Gasteiger partial charge in [0.25, 0.3) is 17.6 Å². The molecule has 1 aliphatic carbocycles. The molecule has 1 fully saturated rings. The number of carbonyl (C=O) groups is 2. The van der Waals surface area contributed by atoms with E-state index in [4.69, 9.17) is 13.8 Å². The summed E-state index contributed by atoms with van der Waals surface area (Å²) in [6.45, 7) is 5.06. The third kappa shape index (κ3) is 7.68. The summed E-state index contributed by atoms with van der Waals surface area (Å²) in [4.78, 5) is 28.1. The van der Waals surface area contributed by atoms with Crippen LogP contribution >= 0.6 is 7.60 Å². The molecule has 244 valence electrons. The van der Waals surface area contributed by atoms with Gasteiger partial charge >= 0.3 is 7.60 Å². The van der Waals surface area contributed by atoms with Gasteiger partial charge in [0.15, 0.2) is 11.0 Å². The molecule has 1 aromatic heterocycles. The van der Waals surface area contributed by atoms with Crippen LogP contribution in [-0.2, 0) is 33.2 Å². The Kier molecular flexibility index (Phi) is 10.5. The molecule has 5 rings (SSSR count). The highest BCUT2D eigenvalue weighted by atomic mass is 31.2. The Hall–Kier alpha value is -3.04. The van der Waals surface area contributed by atoms with E-state index in [0.29, 0.717) is 35.5 Å². The zero-order valence-corrected chi connectivity index (χ0v) is 28.4. The van der Waals surface area contributed by atoms with E-state index in [2.05, 4.69) is 37.2 Å². The number of rotatable bonds is 15. The van der Waals surface area contributed by atoms with Crippen molar-refractivity contribution < 1.29 is 37.0 Å². The van der Waals surface area contributed by atoms with Crippen LogP contribution in [0.25, 0.3) is 11.0 Å². The van der Waals surface area contributed by atoms with Crippen molar-refractivity contribution in [2.45, 2.75) is 65.1 Å². The minimum absolute atomic E-state index is 0.149. The molecule has 2 aliphatic rings. The van der Waals surface area contributed by atoms with E-state index in [9.17, 15) is 14.2 Å². The number of hydrogen-bond acceptors (Lipinski definition) is 6. The number of ether oxygens (including phenoxy) is 1. The van der Waals surface area contributed by atoms with Crippen molar-refractivity contribution in [1.29, 1.82) is 0 Å². The average Bonchev–Trinajstić information content (AvgIpc) is 3.45. The van der Waals surface area contributed by atoms with E-state index in [0.717, 1.165) is 40.9 Å². The second kappa shape index (κ2) is 14.2. The van der Waals surface area contributed by atoms with Crippen molar-refractivity contribution >= 4 is 30.4 Å². The van der Waals surface area contributed by atoms with Gasteiger partial charge in [-0.3, -0.25) is 19.1 Å². The molecule has 2 heterocycles. The first-order chi connectivity index (χ1) is 21.5. The summed E-state index contributed by atoms with van der Waals surface area (Å²) in [7, 11) is 4.55. The Morgan fingerprint density at radius 1 is 0.978 bits per heavy atom. The smallest absolute Gasteiger partial charge is 0.330 e. The normalized spacial score (nSPS) is 17.2. The van der Waals surface area contributed by atoms with Crippen LogP contribution in [0.4, 0.5) is 0 Å². The molecule has 2 aromatic carbocycles. The van der Waals surface area contributed by atoms with Gasteiger partial charge in [0.1, 0.15) is 18.9 Å². The SMILES string of the molecule is CC[n+]1c(CN2C(=O)c3ccccc3C2=O)n(CC2CCCCC2)c2cc(OCCOP(=O)(CCC[N+](C)(C)C)OC)ccc21. The quantitative estimate of drug-likeness (QED) is 0.0701. The van der Waals surface area contributed by atoms with Crippen molar-refractivity contribution in [3.63, 3.8) is 0 Å². The summed E-state index contributed by atoms with van der Waals surface area (Å²) in [5.41, 5.74) is 2.97. The van der Waals surface area contributed by atoms with E-state index >= 15 is 0 Å². The molecule has 1 saturated carbocycles. The summed E-state index contributed by atoms with van der Waals surface area (Å²) in [6, 6.07) is 13.1. The molecule has 0 bridgehead atoms. The Morgan fingerprint density at radius 2 is 1.67 bits per heavy atom. The van der Waals surface area contributed by atoms with Gasteiger partial charge < -0.3 is 18.3 Å². The fourth-order valence-corrected chi connectivity index (χ4v) is 7.92. The van der Waals surface area contributed by atoms with Crippen molar-refractivity contribution in [3.8, 4) is 5.75 Å². The number of aryl methyl sites for hydroxylation is 1. The number of imide groups is 1. The molecule has 1 unspecified atom stereocenters. The largest absolute Gasteiger partial charge is 0.491 e. The highest BCUT2D eigenvalue weighted by Gasteiger charge is 2.39. The number of carbonyl (C=O) groups excluding carboxylic acids is 2. The summed E-state index contributed by atoms with van der Waals surface area (Å²) in [5.74, 6) is 1.65. The standard InChI is InChI=1S/C34H49N4O6P/c1-6-35-30-18-17-27(43-20-21-44-45(41,42-5)22-12-19-38(2,3)4)23-31(30)36(24-26-13-8-7-9-14-26)32(35)25-37-33(39)28-15-10-11-16-29(28)34(37)40/h10-11,15-18,23,26H,6-9,12-14,19-22,24-25H2,1-5H3/q+2. The van der Waals surface area contributed by atoms with Crippen LogP contribution in [-0.4, -0.2) is 79.9 Å². The third-order valence-corrected chi connectivity index (χ3v) is 11.0. The second-order valence-corrected chi connectivity index (χ2v) is 15.5. The highest BCUT2D eigenvalue weighted by Crippen LogP contribution is 2.47. The number of benzene rings is 2. The Morgan fingerprint density at radius 3 is 2.29 bits per heavy atom. The third-order valence-electron chi connectivity index (χ3n) is 8.99. The molecule has 0 spiro atoms. The van der Waals surface area contributed by atoms with Crippen LogP contribution in [0.15, 0.2) is 42.5 Å². The number of aromatic nitrogens is 2. The Labute approximate surface area is 267 Å². The van der Waals surface area contributed by atoms with E-state index in [1.54, 1.807) is 24.3 Å². The minimum Gasteiger partial charge on any atom is -0.491 e. The summed E-state index contributed by atoms with van der Waals surface area (Å²) in [5, 5.41) is 0. The van der Waals surface area contributed by atoms with Gasteiger partial charge in [0.05, 0.1) is 64.7 Å². The average molecular weight is 641 g/mol. The predicted octanol–water partition coefficient (Wildman–Crippen LogP) is 5.66. The fourth-order valence-electron chi connectivity index (χ4n) is 6.62. The second-order valence-electron chi connectivity index (χ2n) is 13.2. The molecular weight excluding hydrogens is 591 g/mol. The van der Waals surface area contributed by atoms with Gasteiger partial charge in [-0.05, 0) is 49.9 Å². The molecule has 0 radical (unpaired) electrons. The lowest BCUT2D eigenvalue weighted by atomic mass is 9.89. The molecule has 2 amide bonds. The topological polar surface area (TPSA) is 91.0 Å². The van der Waals surface area contributed by atoms with Crippen LogP contribution in [0, 0.1) is 5.92 Å². The van der Waals surface area contributed by atoms with Crippen molar-refractivity contribution in [2.24, 2.45) is 5.92 Å². The maximum Gasteiger partial charge on any atom is 0.330 e. The van der Waals surface area contributed by atoms with Crippen LogP contribution < -0.4 is 9.30 Å². The van der Waals surface area contributed by atoms with Crippen LogP contribution in [0.2, 0.25) is 0 Å². The zero-order chi connectivity index (χ0) is 32.2. The lowest BCUT2D eigenvalue weighted by molar-refractivity contribution is -0.870. The van der Waals surface area contributed by atoms with Gasteiger partial charge in [-0.25, -0.2) is 9.13 Å². The molecule has 1 aliphatic heterocycles. The minimum atomic E-state index is -3.19. The number of quaternary nitrogens is 1. The number of amides is 2. The number of hydrogen-bond donors (Lipinski definition) is 0. The van der Waals surface area contributed by atoms with E-state index in [-0.39, 0.29) is 31.6 Å². The molecule has 0 N–H and O–H groups in total. The maximum atomic E-state index is 13.3.